The topological polar surface area (TPSA) is 81.1 Å². The van der Waals surface area contributed by atoms with Crippen LogP contribution in [-0.2, 0) is 17.8 Å². The minimum atomic E-state index is -0.502. The average molecular weight is 472 g/mol. The summed E-state index contributed by atoms with van der Waals surface area (Å²) in [6.07, 6.45) is 5.85. The maximum Gasteiger partial charge on any atom is 0.240 e. The lowest BCUT2D eigenvalue weighted by molar-refractivity contribution is -0.122. The smallest absolute Gasteiger partial charge is 0.240 e. The van der Waals surface area contributed by atoms with Gasteiger partial charge in [0.1, 0.15) is 12.4 Å². The third kappa shape index (κ3) is 5.51. The van der Waals surface area contributed by atoms with Gasteiger partial charge in [0.05, 0.1) is 11.1 Å². The van der Waals surface area contributed by atoms with E-state index in [4.69, 9.17) is 0 Å². The lowest BCUT2D eigenvalue weighted by Crippen LogP contribution is -2.36. The Morgan fingerprint density at radius 2 is 1.80 bits per heavy atom. The Morgan fingerprint density at radius 1 is 1.09 bits per heavy atom. The zero-order chi connectivity index (χ0) is 24.9. The third-order valence-electron chi connectivity index (χ3n) is 5.98. The van der Waals surface area contributed by atoms with E-state index < -0.39 is 17.0 Å². The summed E-state index contributed by atoms with van der Waals surface area (Å²) < 4.78 is 15.9. The molecule has 0 spiro atoms. The fourth-order valence-electron chi connectivity index (χ4n) is 4.05. The maximum atomic E-state index is 14.4. The molecule has 1 atom stereocenters. The van der Waals surface area contributed by atoms with E-state index in [2.05, 4.69) is 10.3 Å². The Balaban J connectivity index is 1.62. The van der Waals surface area contributed by atoms with Crippen LogP contribution in [0.3, 0.4) is 0 Å². The van der Waals surface area contributed by atoms with E-state index in [0.29, 0.717) is 5.56 Å². The highest BCUT2D eigenvalue weighted by Crippen LogP contribution is 2.19. The molecule has 4 rings (SSSR count). The third-order valence-corrected chi connectivity index (χ3v) is 5.98. The van der Waals surface area contributed by atoms with E-state index in [0.717, 1.165) is 12.8 Å². The summed E-state index contributed by atoms with van der Waals surface area (Å²) in [6.45, 7) is 3.31. The standard InChI is InChI=1S/C28H26FN3O3/c1-18-14-22-25(15-24(18)29)32(16-23(28(22)35)27(34)21-10-12-30-13-11-21)17-26(33)31-19(2)8-9-20-6-4-3-5-7-20/h3-7,10-16,19H,8-9,17H2,1-2H3,(H,31,33). The number of hydrogen-bond acceptors (Lipinski definition) is 4. The normalized spacial score (nSPS) is 11.9. The quantitative estimate of drug-likeness (QED) is 0.391. The minimum absolute atomic E-state index is 0.0837. The van der Waals surface area contributed by atoms with Crippen molar-refractivity contribution >= 4 is 22.6 Å². The van der Waals surface area contributed by atoms with Crippen molar-refractivity contribution in [2.24, 2.45) is 0 Å². The summed E-state index contributed by atoms with van der Waals surface area (Å²) in [5.74, 6) is -1.26. The van der Waals surface area contributed by atoms with E-state index in [-0.39, 0.29) is 40.5 Å². The van der Waals surface area contributed by atoms with E-state index in [1.54, 1.807) is 6.92 Å². The number of hydrogen-bond donors (Lipinski definition) is 1. The van der Waals surface area contributed by atoms with E-state index in [1.807, 2.05) is 37.3 Å². The molecule has 0 aliphatic heterocycles. The second-order valence-corrected chi connectivity index (χ2v) is 8.68. The number of halogens is 1. The number of ketones is 1. The molecule has 178 valence electrons. The minimum Gasteiger partial charge on any atom is -0.352 e. The molecule has 0 bridgehead atoms. The molecule has 7 heteroatoms. The molecule has 1 amide bonds. The van der Waals surface area contributed by atoms with Crippen molar-refractivity contribution in [3.05, 3.63) is 111 Å². The molecule has 2 heterocycles. The zero-order valence-corrected chi connectivity index (χ0v) is 19.6. The van der Waals surface area contributed by atoms with E-state index in [9.17, 15) is 18.8 Å². The van der Waals surface area contributed by atoms with Crippen LogP contribution in [0.15, 0.2) is 78.0 Å². The predicted molar refractivity (Wildman–Crippen MR) is 133 cm³/mol. The van der Waals surface area contributed by atoms with Gasteiger partial charge in [-0.25, -0.2) is 4.39 Å². The summed E-state index contributed by atoms with van der Waals surface area (Å²) in [7, 11) is 0. The summed E-state index contributed by atoms with van der Waals surface area (Å²) in [4.78, 5) is 43.0. The van der Waals surface area contributed by atoms with Gasteiger partial charge in [-0.15, -0.1) is 0 Å². The van der Waals surface area contributed by atoms with Crippen LogP contribution in [-0.4, -0.2) is 27.3 Å². The Bertz CT molecular complexity index is 1430. The number of aromatic nitrogens is 2. The number of pyridine rings is 2. The first-order valence-corrected chi connectivity index (χ1v) is 11.4. The first-order chi connectivity index (χ1) is 16.8. The summed E-state index contributed by atoms with van der Waals surface area (Å²) >= 11 is 0. The molecular formula is C28H26FN3O3. The van der Waals surface area contributed by atoms with Gasteiger partial charge in [0, 0.05) is 35.6 Å². The van der Waals surface area contributed by atoms with Crippen LogP contribution in [0.4, 0.5) is 4.39 Å². The van der Waals surface area contributed by atoms with Gasteiger partial charge in [-0.2, -0.15) is 0 Å². The first kappa shape index (κ1) is 24.0. The molecule has 0 fully saturated rings. The highest BCUT2D eigenvalue weighted by Gasteiger charge is 2.19. The largest absolute Gasteiger partial charge is 0.352 e. The lowest BCUT2D eigenvalue weighted by Gasteiger charge is -2.17. The number of rotatable bonds is 8. The van der Waals surface area contributed by atoms with Gasteiger partial charge in [0.2, 0.25) is 11.3 Å². The van der Waals surface area contributed by atoms with Crippen LogP contribution in [0.2, 0.25) is 0 Å². The van der Waals surface area contributed by atoms with Gasteiger partial charge < -0.3 is 9.88 Å². The van der Waals surface area contributed by atoms with Crippen molar-refractivity contribution < 1.29 is 14.0 Å². The second kappa shape index (κ2) is 10.4. The monoisotopic (exact) mass is 471 g/mol. The number of carbonyl (C=O) groups is 2. The number of fused-ring (bicyclic) bond motifs is 1. The summed E-state index contributed by atoms with van der Waals surface area (Å²) in [6, 6.07) is 15.6. The lowest BCUT2D eigenvalue weighted by atomic mass is 10.0. The van der Waals surface area contributed by atoms with Crippen LogP contribution in [0, 0.1) is 12.7 Å². The molecule has 0 aliphatic carbocycles. The zero-order valence-electron chi connectivity index (χ0n) is 19.6. The number of aryl methyl sites for hydroxylation is 2. The molecule has 2 aromatic carbocycles. The van der Waals surface area contributed by atoms with E-state index >= 15 is 0 Å². The van der Waals surface area contributed by atoms with Crippen molar-refractivity contribution in [3.8, 4) is 0 Å². The molecule has 6 nitrogen and oxygen atoms in total. The SMILES string of the molecule is Cc1cc2c(=O)c(C(=O)c3ccncc3)cn(CC(=O)NC(C)CCc3ccccc3)c2cc1F. The van der Waals surface area contributed by atoms with Crippen LogP contribution < -0.4 is 10.7 Å². The Kier molecular flexibility index (Phi) is 7.15. The number of benzene rings is 2. The van der Waals surface area contributed by atoms with Crippen molar-refractivity contribution in [3.63, 3.8) is 0 Å². The first-order valence-electron chi connectivity index (χ1n) is 11.4. The molecule has 35 heavy (non-hydrogen) atoms. The number of carbonyl (C=O) groups excluding carboxylic acids is 2. The molecule has 0 saturated carbocycles. The van der Waals surface area contributed by atoms with E-state index in [1.165, 1.54) is 53.0 Å². The Labute approximate surface area is 202 Å². The van der Waals surface area contributed by atoms with Crippen molar-refractivity contribution in [1.82, 2.24) is 14.9 Å². The highest BCUT2D eigenvalue weighted by molar-refractivity contribution is 6.10. The summed E-state index contributed by atoms with van der Waals surface area (Å²) in [5, 5.41) is 3.15. The summed E-state index contributed by atoms with van der Waals surface area (Å²) in [5.41, 5.74) is 1.45. The van der Waals surface area contributed by atoms with Crippen molar-refractivity contribution in [2.45, 2.75) is 39.3 Å². The number of nitrogens with one attached hydrogen (secondary N) is 1. The number of amides is 1. The van der Waals surface area contributed by atoms with Gasteiger partial charge in [0.25, 0.3) is 0 Å². The van der Waals surface area contributed by atoms with Crippen LogP contribution in [0.5, 0.6) is 0 Å². The Hall–Kier alpha value is -4.13. The van der Waals surface area contributed by atoms with Gasteiger partial charge >= 0.3 is 0 Å². The molecular weight excluding hydrogens is 445 g/mol. The second-order valence-electron chi connectivity index (χ2n) is 8.68. The van der Waals surface area contributed by atoms with Gasteiger partial charge in [0.15, 0.2) is 5.78 Å². The molecule has 4 aromatic rings. The predicted octanol–water partition coefficient (Wildman–Crippen LogP) is 4.21. The molecule has 1 unspecified atom stereocenters. The average Bonchev–Trinajstić information content (AvgIpc) is 2.86. The molecule has 0 aliphatic rings. The molecule has 2 aromatic heterocycles. The maximum absolute atomic E-state index is 14.4. The molecule has 0 saturated heterocycles. The van der Waals surface area contributed by atoms with Crippen molar-refractivity contribution in [1.29, 1.82) is 0 Å². The molecule has 0 radical (unpaired) electrons. The fraction of sp³-hybridized carbons (Fsp3) is 0.214. The fourth-order valence-corrected chi connectivity index (χ4v) is 4.05. The highest BCUT2D eigenvalue weighted by atomic mass is 19.1. The van der Waals surface area contributed by atoms with Gasteiger partial charge in [-0.3, -0.25) is 19.4 Å². The Morgan fingerprint density at radius 3 is 2.51 bits per heavy atom. The van der Waals surface area contributed by atoms with Crippen molar-refractivity contribution in [2.75, 3.05) is 0 Å². The van der Waals surface area contributed by atoms with Crippen LogP contribution in [0.1, 0.15) is 40.4 Å². The van der Waals surface area contributed by atoms with Gasteiger partial charge in [-0.05, 0) is 62.1 Å². The number of nitrogens with zero attached hydrogens (tertiary/aromatic N) is 2. The molecule has 1 N–H and O–H groups in total. The van der Waals surface area contributed by atoms with Gasteiger partial charge in [-0.1, -0.05) is 30.3 Å². The van der Waals surface area contributed by atoms with Crippen LogP contribution >= 0.6 is 0 Å². The van der Waals surface area contributed by atoms with Crippen LogP contribution in [0.25, 0.3) is 10.9 Å².